The van der Waals surface area contributed by atoms with E-state index in [1.807, 2.05) is 88.4 Å². The summed E-state index contributed by atoms with van der Waals surface area (Å²) in [4.78, 5) is 33.8. The number of carbonyl (C=O) groups is 1. The molecule has 0 bridgehead atoms. The van der Waals surface area contributed by atoms with Crippen LogP contribution < -0.4 is 10.3 Å². The predicted octanol–water partition coefficient (Wildman–Crippen LogP) is 5.38. The summed E-state index contributed by atoms with van der Waals surface area (Å²) >= 11 is 0. The lowest BCUT2D eigenvalue weighted by Crippen LogP contribution is -2.40. The number of para-hydroxylation sites is 2. The molecule has 4 aromatic rings. The fraction of sp³-hybridized carbons (Fsp3) is 0.276. The highest BCUT2D eigenvalue weighted by Gasteiger charge is 2.28. The Balaban J connectivity index is 1.82. The molecular weight excluding hydrogens is 438 g/mol. The average Bonchev–Trinajstić information content (AvgIpc) is 2.87. The molecule has 6 heteroatoms. The molecule has 3 aromatic carbocycles. The molecule has 0 spiro atoms. The number of nitrogens with zero attached hydrogens (tertiary/aromatic N) is 3. The number of likely N-dealkylation sites (N-methyl/N-ethyl adjacent to an activating group) is 1. The topological polar surface area (TPSA) is 64.4 Å². The van der Waals surface area contributed by atoms with Crippen LogP contribution >= 0.6 is 0 Å². The summed E-state index contributed by atoms with van der Waals surface area (Å²) in [6.07, 6.45) is 0.598. The van der Waals surface area contributed by atoms with Gasteiger partial charge in [-0.05, 0) is 63.1 Å². The van der Waals surface area contributed by atoms with Gasteiger partial charge in [0.15, 0.2) is 6.61 Å². The lowest BCUT2D eigenvalue weighted by atomic mass is 10.1. The fourth-order valence-electron chi connectivity index (χ4n) is 4.52. The van der Waals surface area contributed by atoms with E-state index in [1.54, 1.807) is 15.5 Å². The van der Waals surface area contributed by atoms with E-state index in [-0.39, 0.29) is 18.1 Å². The Morgan fingerprint density at radius 2 is 1.71 bits per heavy atom. The highest BCUT2D eigenvalue weighted by atomic mass is 16.5. The number of carbonyl (C=O) groups excluding carboxylic acids is 1. The molecule has 0 aliphatic rings. The van der Waals surface area contributed by atoms with E-state index >= 15 is 0 Å². The van der Waals surface area contributed by atoms with Gasteiger partial charge < -0.3 is 9.64 Å². The number of benzene rings is 3. The van der Waals surface area contributed by atoms with Crippen molar-refractivity contribution in [3.63, 3.8) is 0 Å². The number of amides is 1. The van der Waals surface area contributed by atoms with Crippen molar-refractivity contribution in [1.29, 1.82) is 0 Å². The maximum absolute atomic E-state index is 13.8. The molecule has 0 saturated carbocycles. The van der Waals surface area contributed by atoms with Crippen LogP contribution in [0.3, 0.4) is 0 Å². The third kappa shape index (κ3) is 4.97. The van der Waals surface area contributed by atoms with Gasteiger partial charge in [-0.1, -0.05) is 55.0 Å². The van der Waals surface area contributed by atoms with Crippen molar-refractivity contribution in [1.82, 2.24) is 14.5 Å². The van der Waals surface area contributed by atoms with Gasteiger partial charge in [0.05, 0.1) is 22.6 Å². The van der Waals surface area contributed by atoms with Gasteiger partial charge in [0.25, 0.3) is 11.5 Å². The minimum atomic E-state index is -0.398. The van der Waals surface area contributed by atoms with Gasteiger partial charge in [0.2, 0.25) is 0 Å². The lowest BCUT2D eigenvalue weighted by Gasteiger charge is -2.31. The van der Waals surface area contributed by atoms with Crippen LogP contribution in [0.4, 0.5) is 0 Å². The number of hydrogen-bond donors (Lipinski definition) is 0. The summed E-state index contributed by atoms with van der Waals surface area (Å²) in [5.74, 6) is 1.04. The number of rotatable bonds is 8. The van der Waals surface area contributed by atoms with Crippen LogP contribution in [0.5, 0.6) is 5.75 Å². The first-order valence-corrected chi connectivity index (χ1v) is 12.0. The van der Waals surface area contributed by atoms with E-state index in [1.165, 1.54) is 0 Å². The first-order chi connectivity index (χ1) is 16.9. The zero-order chi connectivity index (χ0) is 24.9. The quantitative estimate of drug-likeness (QED) is 0.347. The molecule has 1 unspecified atom stereocenters. The van der Waals surface area contributed by atoms with E-state index in [0.717, 1.165) is 16.8 Å². The van der Waals surface area contributed by atoms with Gasteiger partial charge in [-0.15, -0.1) is 0 Å². The van der Waals surface area contributed by atoms with Crippen LogP contribution in [0.15, 0.2) is 77.6 Å². The number of aromatic nitrogens is 2. The smallest absolute Gasteiger partial charge is 0.266 e. The Labute approximate surface area is 205 Å². The summed E-state index contributed by atoms with van der Waals surface area (Å²) in [5.41, 5.74) is 3.35. The van der Waals surface area contributed by atoms with Crippen molar-refractivity contribution in [3.8, 4) is 11.4 Å². The summed E-state index contributed by atoms with van der Waals surface area (Å²) in [6.45, 7) is 8.33. The molecule has 0 aliphatic carbocycles. The molecule has 0 N–H and O–H groups in total. The molecule has 1 amide bonds. The first kappa shape index (κ1) is 24.2. The Morgan fingerprint density at radius 1 is 1.00 bits per heavy atom. The molecule has 6 nitrogen and oxygen atoms in total. The van der Waals surface area contributed by atoms with Crippen LogP contribution in [0.2, 0.25) is 0 Å². The summed E-state index contributed by atoms with van der Waals surface area (Å²) in [6, 6.07) is 22.2. The van der Waals surface area contributed by atoms with E-state index in [0.29, 0.717) is 35.4 Å². The van der Waals surface area contributed by atoms with Gasteiger partial charge in [0, 0.05) is 6.54 Å². The zero-order valence-corrected chi connectivity index (χ0v) is 20.7. The highest BCUT2D eigenvalue weighted by Crippen LogP contribution is 2.27. The van der Waals surface area contributed by atoms with Crippen LogP contribution in [0.1, 0.15) is 43.3 Å². The van der Waals surface area contributed by atoms with Gasteiger partial charge >= 0.3 is 0 Å². The van der Waals surface area contributed by atoms with Crippen molar-refractivity contribution in [3.05, 3.63) is 100 Å². The minimum absolute atomic E-state index is 0.0876. The standard InChI is InChI=1S/C29H31N3O3/c1-5-25(31(6-2)27(33)19-35-22-12-8-7-9-13-22)28-30-24-15-11-10-14-23(24)29(34)32(28)26-17-16-20(3)18-21(26)4/h7-18,25H,5-6,19H2,1-4H3. The summed E-state index contributed by atoms with van der Waals surface area (Å²) in [5, 5.41) is 0.549. The van der Waals surface area contributed by atoms with E-state index in [2.05, 4.69) is 6.07 Å². The van der Waals surface area contributed by atoms with Gasteiger partial charge in [-0.3, -0.25) is 14.2 Å². The van der Waals surface area contributed by atoms with Crippen LogP contribution in [0.25, 0.3) is 16.6 Å². The number of ether oxygens (including phenoxy) is 1. The second-order valence-electron chi connectivity index (χ2n) is 8.62. The molecule has 180 valence electrons. The second kappa shape index (κ2) is 10.6. The molecule has 1 aromatic heterocycles. The van der Waals surface area contributed by atoms with Crippen LogP contribution in [-0.2, 0) is 4.79 Å². The fourth-order valence-corrected chi connectivity index (χ4v) is 4.52. The third-order valence-corrected chi connectivity index (χ3v) is 6.22. The van der Waals surface area contributed by atoms with E-state index in [9.17, 15) is 9.59 Å². The monoisotopic (exact) mass is 469 g/mol. The van der Waals surface area contributed by atoms with Crippen molar-refractivity contribution >= 4 is 16.8 Å². The van der Waals surface area contributed by atoms with Crippen molar-refractivity contribution in [2.45, 2.75) is 40.2 Å². The Morgan fingerprint density at radius 3 is 2.40 bits per heavy atom. The Hall–Kier alpha value is -3.93. The maximum atomic E-state index is 13.8. The highest BCUT2D eigenvalue weighted by molar-refractivity contribution is 5.79. The van der Waals surface area contributed by atoms with Crippen molar-refractivity contribution < 1.29 is 9.53 Å². The summed E-state index contributed by atoms with van der Waals surface area (Å²) < 4.78 is 7.42. The first-order valence-electron chi connectivity index (χ1n) is 12.0. The minimum Gasteiger partial charge on any atom is -0.484 e. The lowest BCUT2D eigenvalue weighted by molar-refractivity contribution is -0.136. The molecule has 0 aliphatic heterocycles. The van der Waals surface area contributed by atoms with E-state index < -0.39 is 6.04 Å². The Kier molecular flexibility index (Phi) is 7.30. The number of aryl methyl sites for hydroxylation is 2. The van der Waals surface area contributed by atoms with Crippen molar-refractivity contribution in [2.24, 2.45) is 0 Å². The molecule has 1 atom stereocenters. The molecule has 35 heavy (non-hydrogen) atoms. The van der Waals surface area contributed by atoms with E-state index in [4.69, 9.17) is 9.72 Å². The zero-order valence-electron chi connectivity index (χ0n) is 20.7. The predicted molar refractivity (Wildman–Crippen MR) is 139 cm³/mol. The van der Waals surface area contributed by atoms with Gasteiger partial charge in [0.1, 0.15) is 11.6 Å². The molecular formula is C29H31N3O3. The SMILES string of the molecule is CCC(c1nc2ccccc2c(=O)n1-c1ccc(C)cc1C)N(CC)C(=O)COc1ccccc1. The average molecular weight is 470 g/mol. The largest absolute Gasteiger partial charge is 0.484 e. The summed E-state index contributed by atoms with van der Waals surface area (Å²) in [7, 11) is 0. The van der Waals surface area contributed by atoms with Gasteiger partial charge in [-0.2, -0.15) is 0 Å². The molecule has 0 fully saturated rings. The van der Waals surface area contributed by atoms with Gasteiger partial charge in [-0.25, -0.2) is 4.98 Å². The van der Waals surface area contributed by atoms with Crippen LogP contribution in [0, 0.1) is 13.8 Å². The number of fused-ring (bicyclic) bond motifs is 1. The molecule has 1 heterocycles. The molecule has 0 radical (unpaired) electrons. The third-order valence-electron chi connectivity index (χ3n) is 6.22. The molecule has 4 rings (SSSR count). The normalized spacial score (nSPS) is 11.9. The number of hydrogen-bond acceptors (Lipinski definition) is 4. The van der Waals surface area contributed by atoms with Crippen molar-refractivity contribution in [2.75, 3.05) is 13.2 Å². The van der Waals surface area contributed by atoms with Crippen LogP contribution in [-0.4, -0.2) is 33.5 Å². The Bertz CT molecular complexity index is 1400. The second-order valence-corrected chi connectivity index (χ2v) is 8.62. The maximum Gasteiger partial charge on any atom is 0.266 e. The molecule has 0 saturated heterocycles.